The fourth-order valence-electron chi connectivity index (χ4n) is 2.49. The largest absolute Gasteiger partial charge is 0.207 e. The van der Waals surface area contributed by atoms with Crippen molar-refractivity contribution >= 4 is 26.7 Å². The number of hydrogen-bond donors (Lipinski definition) is 0. The molecule has 0 amide bonds. The van der Waals surface area contributed by atoms with E-state index in [0.717, 1.165) is 12.0 Å². The first-order valence-corrected chi connectivity index (χ1v) is 7.93. The van der Waals surface area contributed by atoms with E-state index in [0.29, 0.717) is 5.56 Å². The maximum absolute atomic E-state index is 13.7. The highest BCUT2D eigenvalue weighted by Gasteiger charge is 2.10. The molecule has 3 aromatic rings. The van der Waals surface area contributed by atoms with Crippen LogP contribution in [0.2, 0.25) is 0 Å². The van der Waals surface area contributed by atoms with Crippen LogP contribution in [0, 0.1) is 12.7 Å². The number of hydrogen-bond acceptors (Lipinski definition) is 0. The Morgan fingerprint density at radius 2 is 1.71 bits per heavy atom. The zero-order valence-corrected chi connectivity index (χ0v) is 13.4. The second kappa shape index (κ2) is 5.98. The molecule has 1 unspecified atom stereocenters. The SMILES string of the molecule is Cc1ccc(C(Br)Cc2ccc3ccccc3c2)cc1F. The van der Waals surface area contributed by atoms with Crippen molar-refractivity contribution in [2.45, 2.75) is 18.2 Å². The lowest BCUT2D eigenvalue weighted by atomic mass is 10.0. The van der Waals surface area contributed by atoms with Crippen LogP contribution in [-0.4, -0.2) is 0 Å². The van der Waals surface area contributed by atoms with Crippen LogP contribution in [-0.2, 0) is 6.42 Å². The van der Waals surface area contributed by atoms with Crippen LogP contribution in [0.1, 0.15) is 21.5 Å². The first kappa shape index (κ1) is 14.3. The van der Waals surface area contributed by atoms with Crippen molar-refractivity contribution in [3.8, 4) is 0 Å². The predicted octanol–water partition coefficient (Wildman–Crippen LogP) is 5.97. The molecule has 0 radical (unpaired) electrons. The molecule has 0 saturated heterocycles. The molecule has 0 aliphatic rings. The highest BCUT2D eigenvalue weighted by Crippen LogP contribution is 2.29. The van der Waals surface area contributed by atoms with E-state index in [-0.39, 0.29) is 10.6 Å². The molecule has 0 aliphatic heterocycles. The Kier molecular flexibility index (Phi) is 4.07. The Morgan fingerprint density at radius 1 is 0.952 bits per heavy atom. The van der Waals surface area contributed by atoms with Gasteiger partial charge in [-0.3, -0.25) is 0 Å². The van der Waals surface area contributed by atoms with Crippen LogP contribution in [0.4, 0.5) is 4.39 Å². The maximum Gasteiger partial charge on any atom is 0.126 e. The third-order valence-corrected chi connectivity index (χ3v) is 4.64. The minimum Gasteiger partial charge on any atom is -0.207 e. The van der Waals surface area contributed by atoms with Gasteiger partial charge in [0.15, 0.2) is 0 Å². The Morgan fingerprint density at radius 3 is 2.48 bits per heavy atom. The van der Waals surface area contributed by atoms with Crippen molar-refractivity contribution in [2.24, 2.45) is 0 Å². The molecule has 0 nitrogen and oxygen atoms in total. The quantitative estimate of drug-likeness (QED) is 0.514. The Bertz CT molecular complexity index is 779. The van der Waals surface area contributed by atoms with Gasteiger partial charge in [0.05, 0.1) is 0 Å². The molecule has 0 heterocycles. The van der Waals surface area contributed by atoms with E-state index in [4.69, 9.17) is 0 Å². The van der Waals surface area contributed by atoms with Gasteiger partial charge in [-0.05, 0) is 46.9 Å². The molecule has 21 heavy (non-hydrogen) atoms. The summed E-state index contributed by atoms with van der Waals surface area (Å²) >= 11 is 3.68. The van der Waals surface area contributed by atoms with Gasteiger partial charge in [-0.2, -0.15) is 0 Å². The molecule has 3 rings (SSSR count). The third-order valence-electron chi connectivity index (χ3n) is 3.79. The minimum atomic E-state index is -0.143. The molecular formula is C19H16BrF. The first-order valence-electron chi connectivity index (χ1n) is 7.01. The van der Waals surface area contributed by atoms with E-state index >= 15 is 0 Å². The normalized spacial score (nSPS) is 12.5. The number of rotatable bonds is 3. The van der Waals surface area contributed by atoms with E-state index in [1.54, 1.807) is 13.0 Å². The van der Waals surface area contributed by atoms with E-state index < -0.39 is 0 Å². The molecule has 0 saturated carbocycles. The average Bonchev–Trinajstić information content (AvgIpc) is 2.50. The van der Waals surface area contributed by atoms with Gasteiger partial charge in [-0.15, -0.1) is 0 Å². The van der Waals surface area contributed by atoms with Gasteiger partial charge >= 0.3 is 0 Å². The molecule has 1 atom stereocenters. The summed E-state index contributed by atoms with van der Waals surface area (Å²) in [5, 5.41) is 2.48. The van der Waals surface area contributed by atoms with Crippen molar-refractivity contribution < 1.29 is 4.39 Å². The van der Waals surface area contributed by atoms with E-state index in [1.807, 2.05) is 24.3 Å². The smallest absolute Gasteiger partial charge is 0.126 e. The summed E-state index contributed by atoms with van der Waals surface area (Å²) in [7, 11) is 0. The van der Waals surface area contributed by atoms with Crippen LogP contribution < -0.4 is 0 Å². The number of alkyl halides is 1. The lowest BCUT2D eigenvalue weighted by Gasteiger charge is -2.12. The van der Waals surface area contributed by atoms with Crippen LogP contribution in [0.5, 0.6) is 0 Å². The number of halogens is 2. The van der Waals surface area contributed by atoms with Gasteiger partial charge < -0.3 is 0 Å². The van der Waals surface area contributed by atoms with Gasteiger partial charge in [-0.25, -0.2) is 4.39 Å². The summed E-state index contributed by atoms with van der Waals surface area (Å²) in [6, 6.07) is 20.2. The zero-order valence-electron chi connectivity index (χ0n) is 11.8. The van der Waals surface area contributed by atoms with Crippen molar-refractivity contribution in [1.29, 1.82) is 0 Å². The number of aryl methyl sites for hydroxylation is 1. The van der Waals surface area contributed by atoms with E-state index in [1.165, 1.54) is 16.3 Å². The van der Waals surface area contributed by atoms with Crippen LogP contribution in [0.25, 0.3) is 10.8 Å². The summed E-state index contributed by atoms with van der Waals surface area (Å²) in [6.07, 6.45) is 0.841. The highest BCUT2D eigenvalue weighted by molar-refractivity contribution is 9.09. The molecule has 3 aromatic carbocycles. The molecule has 0 aliphatic carbocycles. The Hall–Kier alpha value is -1.67. The molecule has 0 N–H and O–H groups in total. The van der Waals surface area contributed by atoms with E-state index in [9.17, 15) is 4.39 Å². The van der Waals surface area contributed by atoms with E-state index in [2.05, 4.69) is 46.3 Å². The Balaban J connectivity index is 1.85. The summed E-state index contributed by atoms with van der Waals surface area (Å²) in [4.78, 5) is 0.119. The van der Waals surface area contributed by atoms with Crippen molar-refractivity contribution in [3.63, 3.8) is 0 Å². The number of benzene rings is 3. The van der Waals surface area contributed by atoms with Crippen LogP contribution in [0.3, 0.4) is 0 Å². The van der Waals surface area contributed by atoms with Crippen molar-refractivity contribution in [1.82, 2.24) is 0 Å². The average molecular weight is 343 g/mol. The van der Waals surface area contributed by atoms with Crippen LogP contribution >= 0.6 is 15.9 Å². The second-order valence-electron chi connectivity index (χ2n) is 5.36. The third kappa shape index (κ3) is 3.16. The fraction of sp³-hybridized carbons (Fsp3) is 0.158. The maximum atomic E-state index is 13.7. The lowest BCUT2D eigenvalue weighted by molar-refractivity contribution is 0.615. The molecule has 0 fully saturated rings. The minimum absolute atomic E-state index is 0.119. The fourth-order valence-corrected chi connectivity index (χ4v) is 3.15. The van der Waals surface area contributed by atoms with Gasteiger partial charge in [0.1, 0.15) is 5.82 Å². The zero-order chi connectivity index (χ0) is 14.8. The summed E-state index contributed by atoms with van der Waals surface area (Å²) in [6.45, 7) is 1.78. The predicted molar refractivity (Wildman–Crippen MR) is 90.5 cm³/mol. The summed E-state index contributed by atoms with van der Waals surface area (Å²) in [5.74, 6) is -0.143. The van der Waals surface area contributed by atoms with Gasteiger partial charge in [0.2, 0.25) is 0 Å². The summed E-state index contributed by atoms with van der Waals surface area (Å²) in [5.41, 5.74) is 2.91. The molecular weight excluding hydrogens is 327 g/mol. The second-order valence-corrected chi connectivity index (χ2v) is 6.47. The first-order chi connectivity index (χ1) is 10.1. The molecule has 0 spiro atoms. The topological polar surface area (TPSA) is 0 Å². The monoisotopic (exact) mass is 342 g/mol. The van der Waals surface area contributed by atoms with Crippen molar-refractivity contribution in [2.75, 3.05) is 0 Å². The summed E-state index contributed by atoms with van der Waals surface area (Å²) < 4.78 is 13.7. The van der Waals surface area contributed by atoms with Gasteiger partial charge in [0.25, 0.3) is 0 Å². The highest BCUT2D eigenvalue weighted by atomic mass is 79.9. The standard InChI is InChI=1S/C19H16BrF/c1-13-6-8-17(12-19(13)21)18(20)11-14-7-9-15-4-2-3-5-16(15)10-14/h2-10,12,18H,11H2,1H3. The van der Waals surface area contributed by atoms with Gasteiger partial charge in [-0.1, -0.05) is 70.5 Å². The molecule has 106 valence electrons. The molecule has 0 bridgehead atoms. The van der Waals surface area contributed by atoms with Crippen molar-refractivity contribution in [3.05, 3.63) is 83.2 Å². The van der Waals surface area contributed by atoms with Crippen LogP contribution in [0.15, 0.2) is 60.7 Å². The lowest BCUT2D eigenvalue weighted by Crippen LogP contribution is -1.97. The number of fused-ring (bicyclic) bond motifs is 1. The molecule has 2 heteroatoms. The molecule has 0 aromatic heterocycles. The Labute approximate surface area is 132 Å². The van der Waals surface area contributed by atoms with Gasteiger partial charge in [0, 0.05) is 4.83 Å².